The first-order chi connectivity index (χ1) is 17.8. The summed E-state index contributed by atoms with van der Waals surface area (Å²) in [6.45, 7) is 18.4. The fourth-order valence-corrected chi connectivity index (χ4v) is 5.42. The number of aromatic nitrogens is 3. The molecule has 0 unspecified atom stereocenters. The molecule has 0 spiro atoms. The zero-order valence-corrected chi connectivity index (χ0v) is 22.0. The van der Waals surface area contributed by atoms with Gasteiger partial charge in [-0.05, 0) is 30.4 Å². The average molecular weight is 490 g/mol. The van der Waals surface area contributed by atoms with Crippen molar-refractivity contribution >= 4 is 39.1 Å². The molecule has 3 aromatic carbocycles. The number of hydrogen-bond donors (Lipinski definition) is 0. The summed E-state index contributed by atoms with van der Waals surface area (Å²) in [5.41, 5.74) is 8.83. The fraction of sp³-hybridized carbons (Fsp3) is 0.258. The molecular weight excluding hydrogens is 460 g/mol. The van der Waals surface area contributed by atoms with Gasteiger partial charge >= 0.3 is 6.01 Å². The second kappa shape index (κ2) is 8.35. The van der Waals surface area contributed by atoms with Gasteiger partial charge in [0.25, 0.3) is 5.82 Å². The highest BCUT2D eigenvalue weighted by atomic mass is 16.4. The van der Waals surface area contributed by atoms with Crippen LogP contribution in [0.2, 0.25) is 0 Å². The molecule has 6 aromatic rings. The first-order valence-electron chi connectivity index (χ1n) is 12.6. The Balaban J connectivity index is 1.68. The molecule has 3 aromatic heterocycles. The third kappa shape index (κ3) is 3.46. The number of benzene rings is 3. The van der Waals surface area contributed by atoms with Gasteiger partial charge in [0.2, 0.25) is 5.52 Å². The van der Waals surface area contributed by atoms with E-state index in [-0.39, 0.29) is 6.01 Å². The van der Waals surface area contributed by atoms with Gasteiger partial charge in [0.05, 0.1) is 7.05 Å². The quantitative estimate of drug-likeness (QED) is 0.186. The number of imidazole rings is 1. The SMILES string of the molecule is [C-]#[N+]c1nc2cc3oc4c(-c5n(-c6c(C(C)C)cccc6C(C)C)cc[n+]5C)c(C)ccc4c3cc2o1. The van der Waals surface area contributed by atoms with E-state index in [1.54, 1.807) is 0 Å². The molecule has 37 heavy (non-hydrogen) atoms. The molecule has 0 bridgehead atoms. The maximum atomic E-state index is 7.22. The maximum Gasteiger partial charge on any atom is 0.450 e. The Morgan fingerprint density at radius 2 is 1.68 bits per heavy atom. The van der Waals surface area contributed by atoms with Gasteiger partial charge in [-0.25, -0.2) is 4.57 Å². The van der Waals surface area contributed by atoms with E-state index in [9.17, 15) is 0 Å². The monoisotopic (exact) mass is 489 g/mol. The van der Waals surface area contributed by atoms with E-state index in [1.165, 1.54) is 16.8 Å². The average Bonchev–Trinajstić information content (AvgIpc) is 3.56. The van der Waals surface area contributed by atoms with Crippen LogP contribution in [-0.2, 0) is 7.05 Å². The zero-order chi connectivity index (χ0) is 26.0. The minimum absolute atomic E-state index is 0.0399. The van der Waals surface area contributed by atoms with E-state index >= 15 is 0 Å². The summed E-state index contributed by atoms with van der Waals surface area (Å²) < 4.78 is 16.7. The smallest absolute Gasteiger partial charge is 0.450 e. The molecule has 6 nitrogen and oxygen atoms in total. The summed E-state index contributed by atoms with van der Waals surface area (Å²) in [7, 11) is 2.09. The van der Waals surface area contributed by atoms with Gasteiger partial charge in [0, 0.05) is 28.0 Å². The molecule has 0 amide bonds. The number of oxazole rings is 1. The lowest BCUT2D eigenvalue weighted by atomic mass is 9.92. The number of para-hydroxylation sites is 1. The number of aryl methyl sites for hydroxylation is 2. The van der Waals surface area contributed by atoms with E-state index < -0.39 is 0 Å². The van der Waals surface area contributed by atoms with Crippen LogP contribution in [0.5, 0.6) is 0 Å². The predicted molar refractivity (Wildman–Crippen MR) is 146 cm³/mol. The van der Waals surface area contributed by atoms with Crippen LogP contribution in [0.1, 0.15) is 56.2 Å². The van der Waals surface area contributed by atoms with Crippen LogP contribution in [0.15, 0.2) is 63.7 Å². The molecule has 0 aliphatic rings. The van der Waals surface area contributed by atoms with E-state index in [2.05, 4.69) is 103 Å². The van der Waals surface area contributed by atoms with Gasteiger partial charge in [0.15, 0.2) is 11.2 Å². The predicted octanol–water partition coefficient (Wildman–Crippen LogP) is 8.12. The Bertz CT molecular complexity index is 1850. The summed E-state index contributed by atoms with van der Waals surface area (Å²) in [4.78, 5) is 7.60. The highest BCUT2D eigenvalue weighted by Gasteiger charge is 2.30. The van der Waals surface area contributed by atoms with Crippen LogP contribution < -0.4 is 4.57 Å². The number of nitrogens with zero attached hydrogens (tertiary/aromatic N) is 4. The Hall–Kier alpha value is -4.37. The largest absolute Gasteiger partial charge is 0.460 e. The standard InChI is InChI=1S/C31H29N4O2/c1-17(2)20-9-8-10-21(18(3)4)28(20)35-14-13-34(7)30(35)27-19(5)11-12-22-23-15-26-24(33-31(32-6)37-26)16-25(23)36-29(22)27/h8-18H,1-5,7H3/q+1. The molecule has 6 rings (SSSR count). The molecule has 0 saturated heterocycles. The number of furan rings is 1. The summed E-state index contributed by atoms with van der Waals surface area (Å²) in [6, 6.07) is 14.7. The first kappa shape index (κ1) is 23.1. The van der Waals surface area contributed by atoms with Gasteiger partial charge in [0.1, 0.15) is 29.2 Å². The second-order valence-electron chi connectivity index (χ2n) is 10.4. The molecule has 6 heteroatoms. The van der Waals surface area contributed by atoms with Crippen molar-refractivity contribution in [1.82, 2.24) is 9.55 Å². The Morgan fingerprint density at radius 3 is 2.35 bits per heavy atom. The Morgan fingerprint density at radius 1 is 0.946 bits per heavy atom. The lowest BCUT2D eigenvalue weighted by molar-refractivity contribution is -0.659. The summed E-state index contributed by atoms with van der Waals surface area (Å²) in [5, 5.41) is 1.95. The van der Waals surface area contributed by atoms with Crippen molar-refractivity contribution in [1.29, 1.82) is 0 Å². The van der Waals surface area contributed by atoms with Crippen molar-refractivity contribution < 1.29 is 13.4 Å². The number of fused-ring (bicyclic) bond motifs is 4. The third-order valence-corrected chi connectivity index (χ3v) is 7.25. The van der Waals surface area contributed by atoms with E-state index in [0.717, 1.165) is 38.9 Å². The maximum absolute atomic E-state index is 7.22. The van der Waals surface area contributed by atoms with Crippen molar-refractivity contribution in [3.63, 3.8) is 0 Å². The highest BCUT2D eigenvalue weighted by Crippen LogP contribution is 2.41. The van der Waals surface area contributed by atoms with Crippen molar-refractivity contribution in [2.45, 2.75) is 46.5 Å². The van der Waals surface area contributed by atoms with Crippen molar-refractivity contribution in [3.05, 3.63) is 83.0 Å². The molecule has 3 heterocycles. The molecule has 0 fully saturated rings. The summed E-state index contributed by atoms with van der Waals surface area (Å²) >= 11 is 0. The lowest BCUT2D eigenvalue weighted by Crippen LogP contribution is -2.29. The molecular formula is C31H29N4O2+. The normalized spacial score (nSPS) is 12.0. The molecule has 0 atom stereocenters. The van der Waals surface area contributed by atoms with Gasteiger partial charge in [-0.15, -0.1) is 0 Å². The summed E-state index contributed by atoms with van der Waals surface area (Å²) in [6.07, 6.45) is 4.27. The van der Waals surface area contributed by atoms with Gasteiger partial charge in [-0.1, -0.05) is 69.6 Å². The van der Waals surface area contributed by atoms with E-state index in [0.29, 0.717) is 22.9 Å². The highest BCUT2D eigenvalue weighted by molar-refractivity contribution is 6.12. The number of rotatable bonds is 4. The van der Waals surface area contributed by atoms with Crippen LogP contribution in [0.3, 0.4) is 0 Å². The lowest BCUT2D eigenvalue weighted by Gasteiger charge is -2.18. The Kier molecular flexibility index (Phi) is 5.20. The molecule has 0 saturated carbocycles. The van der Waals surface area contributed by atoms with Crippen LogP contribution in [-0.4, -0.2) is 9.55 Å². The Labute approximate surface area is 215 Å². The van der Waals surface area contributed by atoms with Crippen LogP contribution >= 0.6 is 0 Å². The van der Waals surface area contributed by atoms with Crippen molar-refractivity contribution in [3.8, 4) is 17.1 Å². The van der Waals surface area contributed by atoms with Crippen molar-refractivity contribution in [2.75, 3.05) is 0 Å². The zero-order valence-electron chi connectivity index (χ0n) is 22.0. The van der Waals surface area contributed by atoms with Gasteiger partial charge in [-0.2, -0.15) is 4.57 Å². The topological polar surface area (TPSA) is 52.3 Å². The van der Waals surface area contributed by atoms with Crippen LogP contribution in [0, 0.1) is 13.5 Å². The van der Waals surface area contributed by atoms with Crippen LogP contribution in [0.25, 0.3) is 55.0 Å². The molecule has 0 N–H and O–H groups in total. The van der Waals surface area contributed by atoms with Gasteiger partial charge < -0.3 is 13.7 Å². The van der Waals surface area contributed by atoms with Crippen molar-refractivity contribution in [2.24, 2.45) is 7.05 Å². The fourth-order valence-electron chi connectivity index (χ4n) is 5.42. The first-order valence-corrected chi connectivity index (χ1v) is 12.6. The van der Waals surface area contributed by atoms with E-state index in [4.69, 9.17) is 15.4 Å². The summed E-state index contributed by atoms with van der Waals surface area (Å²) in [5.74, 6) is 1.82. The minimum atomic E-state index is 0.0399. The minimum Gasteiger partial charge on any atom is -0.460 e. The molecule has 184 valence electrons. The molecule has 0 radical (unpaired) electrons. The van der Waals surface area contributed by atoms with Crippen LogP contribution in [0.4, 0.5) is 6.01 Å². The molecule has 0 aliphatic heterocycles. The third-order valence-electron chi connectivity index (χ3n) is 7.25. The molecule has 0 aliphatic carbocycles. The number of hydrogen-bond acceptors (Lipinski definition) is 3. The van der Waals surface area contributed by atoms with Gasteiger partial charge in [-0.3, -0.25) is 0 Å². The van der Waals surface area contributed by atoms with E-state index in [1.807, 2.05) is 12.1 Å². The second-order valence-corrected chi connectivity index (χ2v) is 10.4.